The second-order valence-electron chi connectivity index (χ2n) is 3.97. The standard InChI is InChI=1S/C14H12N2O2/c15-9-11-6-7-12(16-14(11)18)8-13(17)10-4-2-1-3-5-10/h1-7,13,17H,8H2,(H,16,18). The average Bonchev–Trinajstić information content (AvgIpc) is 2.40. The summed E-state index contributed by atoms with van der Waals surface area (Å²) in [6, 6.07) is 14.1. The minimum atomic E-state index is -0.671. The van der Waals surface area contributed by atoms with Crippen LogP contribution in [0.1, 0.15) is 22.9 Å². The van der Waals surface area contributed by atoms with Crippen LogP contribution in [0.5, 0.6) is 0 Å². The number of pyridine rings is 1. The van der Waals surface area contributed by atoms with E-state index in [-0.39, 0.29) is 5.56 Å². The van der Waals surface area contributed by atoms with Crippen LogP contribution in [0.2, 0.25) is 0 Å². The van der Waals surface area contributed by atoms with E-state index in [0.717, 1.165) is 5.56 Å². The summed E-state index contributed by atoms with van der Waals surface area (Å²) < 4.78 is 0. The molecule has 1 aromatic carbocycles. The molecule has 1 aromatic heterocycles. The van der Waals surface area contributed by atoms with Crippen LogP contribution in [0.4, 0.5) is 0 Å². The summed E-state index contributed by atoms with van der Waals surface area (Å²) in [5, 5.41) is 18.7. The lowest BCUT2D eigenvalue weighted by molar-refractivity contribution is 0.177. The zero-order valence-electron chi connectivity index (χ0n) is 9.63. The Balaban J connectivity index is 2.18. The van der Waals surface area contributed by atoms with Crippen molar-refractivity contribution in [1.82, 2.24) is 4.98 Å². The number of aromatic amines is 1. The molecule has 0 saturated heterocycles. The Morgan fingerprint density at radius 1 is 1.22 bits per heavy atom. The summed E-state index contributed by atoms with van der Waals surface area (Å²) in [5.41, 5.74) is 1.06. The largest absolute Gasteiger partial charge is 0.388 e. The van der Waals surface area contributed by atoms with Gasteiger partial charge in [-0.15, -0.1) is 0 Å². The van der Waals surface area contributed by atoms with E-state index in [4.69, 9.17) is 5.26 Å². The highest BCUT2D eigenvalue weighted by Crippen LogP contribution is 2.16. The Morgan fingerprint density at radius 3 is 2.56 bits per heavy atom. The van der Waals surface area contributed by atoms with Crippen molar-refractivity contribution in [3.05, 3.63) is 69.6 Å². The van der Waals surface area contributed by atoms with Crippen LogP contribution >= 0.6 is 0 Å². The third kappa shape index (κ3) is 2.65. The molecule has 1 heterocycles. The Hall–Kier alpha value is -2.38. The van der Waals surface area contributed by atoms with Gasteiger partial charge in [-0.1, -0.05) is 30.3 Å². The van der Waals surface area contributed by atoms with Crippen molar-refractivity contribution in [3.63, 3.8) is 0 Å². The second kappa shape index (κ2) is 5.30. The molecule has 1 atom stereocenters. The molecule has 4 nitrogen and oxygen atoms in total. The number of nitrogens with zero attached hydrogens (tertiary/aromatic N) is 1. The van der Waals surface area contributed by atoms with E-state index in [0.29, 0.717) is 12.1 Å². The lowest BCUT2D eigenvalue weighted by atomic mass is 10.0. The van der Waals surface area contributed by atoms with Gasteiger partial charge in [-0.25, -0.2) is 0 Å². The lowest BCUT2D eigenvalue weighted by Gasteiger charge is -2.10. The van der Waals surface area contributed by atoms with Crippen molar-refractivity contribution in [2.45, 2.75) is 12.5 Å². The fourth-order valence-electron chi connectivity index (χ4n) is 1.72. The van der Waals surface area contributed by atoms with E-state index in [1.165, 1.54) is 6.07 Å². The number of rotatable bonds is 3. The lowest BCUT2D eigenvalue weighted by Crippen LogP contribution is -2.14. The molecule has 1 unspecified atom stereocenters. The molecular weight excluding hydrogens is 228 g/mol. The molecule has 0 bridgehead atoms. The van der Waals surface area contributed by atoms with Gasteiger partial charge in [0.1, 0.15) is 11.6 Å². The Kier molecular flexibility index (Phi) is 3.56. The van der Waals surface area contributed by atoms with Crippen molar-refractivity contribution >= 4 is 0 Å². The van der Waals surface area contributed by atoms with E-state index in [1.54, 1.807) is 12.1 Å². The van der Waals surface area contributed by atoms with Gasteiger partial charge in [0.15, 0.2) is 0 Å². The fourth-order valence-corrected chi connectivity index (χ4v) is 1.72. The van der Waals surface area contributed by atoms with Gasteiger partial charge in [-0.3, -0.25) is 4.79 Å². The molecule has 2 rings (SSSR count). The van der Waals surface area contributed by atoms with Gasteiger partial charge < -0.3 is 10.1 Å². The number of nitriles is 1. The normalized spacial score (nSPS) is 11.8. The second-order valence-corrected chi connectivity index (χ2v) is 3.97. The minimum Gasteiger partial charge on any atom is -0.388 e. The van der Waals surface area contributed by atoms with Gasteiger partial charge in [0.05, 0.1) is 6.10 Å². The van der Waals surface area contributed by atoms with Gasteiger partial charge in [0.2, 0.25) is 0 Å². The summed E-state index contributed by atoms with van der Waals surface area (Å²) in [5.74, 6) is 0. The summed E-state index contributed by atoms with van der Waals surface area (Å²) in [6.45, 7) is 0. The smallest absolute Gasteiger partial charge is 0.266 e. The van der Waals surface area contributed by atoms with Crippen LogP contribution in [0.15, 0.2) is 47.3 Å². The number of nitrogens with one attached hydrogen (secondary N) is 1. The predicted molar refractivity (Wildman–Crippen MR) is 66.9 cm³/mol. The van der Waals surface area contributed by atoms with Gasteiger partial charge in [-0.05, 0) is 17.7 Å². The highest BCUT2D eigenvalue weighted by molar-refractivity contribution is 5.27. The van der Waals surface area contributed by atoms with Crippen LogP contribution < -0.4 is 5.56 Å². The maximum absolute atomic E-state index is 11.4. The van der Waals surface area contributed by atoms with Crippen molar-refractivity contribution in [2.75, 3.05) is 0 Å². The summed E-state index contributed by atoms with van der Waals surface area (Å²) in [6.07, 6.45) is -0.361. The molecule has 0 spiro atoms. The predicted octanol–water partition coefficient (Wildman–Crippen LogP) is 1.52. The third-order valence-electron chi connectivity index (χ3n) is 2.69. The number of H-pyrrole nitrogens is 1. The summed E-state index contributed by atoms with van der Waals surface area (Å²) in [4.78, 5) is 14.0. The van der Waals surface area contributed by atoms with E-state index < -0.39 is 11.7 Å². The number of hydrogen-bond donors (Lipinski definition) is 2. The van der Waals surface area contributed by atoms with Crippen molar-refractivity contribution in [3.8, 4) is 6.07 Å². The quantitative estimate of drug-likeness (QED) is 0.854. The van der Waals surface area contributed by atoms with Crippen molar-refractivity contribution in [1.29, 1.82) is 5.26 Å². The first kappa shape index (κ1) is 12.1. The number of hydrogen-bond acceptors (Lipinski definition) is 3. The van der Waals surface area contributed by atoms with Gasteiger partial charge in [-0.2, -0.15) is 5.26 Å². The topological polar surface area (TPSA) is 76.9 Å². The molecule has 0 saturated carbocycles. The van der Waals surface area contributed by atoms with Crippen molar-refractivity contribution < 1.29 is 5.11 Å². The van der Waals surface area contributed by atoms with Gasteiger partial charge in [0.25, 0.3) is 5.56 Å². The maximum Gasteiger partial charge on any atom is 0.266 e. The first-order valence-corrected chi connectivity index (χ1v) is 5.56. The number of aliphatic hydroxyl groups is 1. The van der Waals surface area contributed by atoms with E-state index >= 15 is 0 Å². The van der Waals surface area contributed by atoms with Gasteiger partial charge >= 0.3 is 0 Å². The van der Waals surface area contributed by atoms with Gasteiger partial charge in [0, 0.05) is 12.1 Å². The Morgan fingerprint density at radius 2 is 1.94 bits per heavy atom. The molecule has 0 fully saturated rings. The van der Waals surface area contributed by atoms with Crippen LogP contribution in [0.25, 0.3) is 0 Å². The molecular formula is C14H12N2O2. The molecule has 18 heavy (non-hydrogen) atoms. The molecule has 90 valence electrons. The summed E-state index contributed by atoms with van der Waals surface area (Å²) in [7, 11) is 0. The molecule has 0 aliphatic carbocycles. The van der Waals surface area contributed by atoms with E-state index in [2.05, 4.69) is 4.98 Å². The zero-order valence-corrected chi connectivity index (χ0v) is 9.63. The maximum atomic E-state index is 11.4. The first-order chi connectivity index (χ1) is 8.70. The van der Waals surface area contributed by atoms with Crippen LogP contribution in [0, 0.1) is 11.3 Å². The van der Waals surface area contributed by atoms with E-state index in [1.807, 2.05) is 30.3 Å². The number of benzene rings is 1. The molecule has 2 N–H and O–H groups in total. The molecule has 4 heteroatoms. The zero-order chi connectivity index (χ0) is 13.0. The van der Waals surface area contributed by atoms with Crippen LogP contribution in [0.3, 0.4) is 0 Å². The van der Waals surface area contributed by atoms with E-state index in [9.17, 15) is 9.90 Å². The SMILES string of the molecule is N#Cc1ccc(CC(O)c2ccccc2)[nH]c1=O. The Bertz CT molecular complexity index is 626. The van der Waals surface area contributed by atoms with Crippen LogP contribution in [-0.2, 0) is 6.42 Å². The fraction of sp³-hybridized carbons (Fsp3) is 0.143. The molecule has 0 aliphatic heterocycles. The molecule has 2 aromatic rings. The third-order valence-corrected chi connectivity index (χ3v) is 2.69. The monoisotopic (exact) mass is 240 g/mol. The molecule has 0 amide bonds. The first-order valence-electron chi connectivity index (χ1n) is 5.56. The molecule has 0 aliphatic rings. The highest BCUT2D eigenvalue weighted by atomic mass is 16.3. The average molecular weight is 240 g/mol. The highest BCUT2D eigenvalue weighted by Gasteiger charge is 2.09. The van der Waals surface area contributed by atoms with Crippen molar-refractivity contribution in [2.24, 2.45) is 0 Å². The van der Waals surface area contributed by atoms with Crippen LogP contribution in [-0.4, -0.2) is 10.1 Å². The molecule has 0 radical (unpaired) electrons. The number of aromatic nitrogens is 1. The Labute approximate surface area is 104 Å². The minimum absolute atomic E-state index is 0.0768. The summed E-state index contributed by atoms with van der Waals surface area (Å²) >= 11 is 0. The number of aliphatic hydroxyl groups excluding tert-OH is 1.